The first kappa shape index (κ1) is 76.4. The molecule has 0 saturated heterocycles. The lowest BCUT2D eigenvalue weighted by molar-refractivity contribution is -0.152. The highest BCUT2D eigenvalue weighted by molar-refractivity contribution is 7.18. The first-order valence-electron chi connectivity index (χ1n) is 28.8. The van der Waals surface area contributed by atoms with Gasteiger partial charge in [0.25, 0.3) is 23.6 Å². The number of hydrogen-bond donors (Lipinski definition) is 8. The number of aromatic nitrogens is 4. The van der Waals surface area contributed by atoms with Crippen molar-refractivity contribution in [1.82, 2.24) is 19.9 Å². The van der Waals surface area contributed by atoms with Crippen LogP contribution in [0.5, 0.6) is 34.5 Å². The summed E-state index contributed by atoms with van der Waals surface area (Å²) in [5, 5.41) is 47.1. The van der Waals surface area contributed by atoms with Crippen molar-refractivity contribution < 1.29 is 106 Å². The molecule has 4 amide bonds. The molecule has 4 heterocycles. The smallest absolute Gasteiger partial charge is 0.350 e. The number of aliphatic carboxylic acids is 1. The fourth-order valence-corrected chi connectivity index (χ4v) is 9.98. The molecule has 0 saturated carbocycles. The van der Waals surface area contributed by atoms with Gasteiger partial charge in [-0.15, -0.1) is 0 Å². The number of hydrogen-bond acceptors (Lipinski definition) is 26. The van der Waals surface area contributed by atoms with Crippen LogP contribution in [-0.2, 0) is 23.9 Å². The van der Waals surface area contributed by atoms with Crippen molar-refractivity contribution in [3.05, 3.63) is 116 Å². The van der Waals surface area contributed by atoms with Crippen LogP contribution in [0.2, 0.25) is 0 Å². The summed E-state index contributed by atoms with van der Waals surface area (Å²) < 4.78 is 44.0. The number of esters is 2. The molecular formula is C62H70N8O22S4. The highest BCUT2D eigenvalue weighted by Gasteiger charge is 2.34. The standard InChI is InChI=1S/C26H30N4O8S2.C22H22N4O8S2.C14H18O6/c1-7-35-21(32)18-12-27-24(39-18)29-20(31)15-9-16(37-14(3)4)11-17(10-15)38-26(5,6)23(34)30-25-28-13-19(40-25)22(33)36-8-2;1-10(2)33-12-5-11(16(27)25-20-23-8-14(35-20)17(28)29)6-13(7-12)34-22(3,4)19(32)26-21-24-9-15(36-21)18(30)31;1-8(2)19-10-5-9(12(15)16)6-11(7-10)20-14(3,4)13(17)18/h9-14H,7-8H2,1-6H3,(H,27,29,31)(H,28,30,34);5-10H,1-4H3,(H,28,29)(H,30,31)(H,23,25,27)(H,24,26,32);5-8H,1-4H3,(H,15,16)(H,17,18). The van der Waals surface area contributed by atoms with Gasteiger partial charge in [0.1, 0.15) is 54.0 Å². The molecule has 0 aliphatic carbocycles. The summed E-state index contributed by atoms with van der Waals surface area (Å²) in [4.78, 5) is 136. The summed E-state index contributed by atoms with van der Waals surface area (Å²) >= 11 is 3.55. The fraction of sp³-hybridized carbons (Fsp3) is 0.355. The van der Waals surface area contributed by atoms with Gasteiger partial charge in [0.05, 0.1) is 61.9 Å². The monoisotopic (exact) mass is 1410 g/mol. The average molecular weight is 1410 g/mol. The number of anilines is 4. The van der Waals surface area contributed by atoms with Gasteiger partial charge in [0.2, 0.25) is 0 Å². The van der Waals surface area contributed by atoms with Gasteiger partial charge in [-0.05, 0) is 133 Å². The molecule has 0 atom stereocenters. The molecule has 7 aromatic rings. The minimum Gasteiger partial charge on any atom is -0.491 e. The van der Waals surface area contributed by atoms with E-state index in [0.717, 1.165) is 57.7 Å². The van der Waals surface area contributed by atoms with E-state index in [1.807, 2.05) is 13.8 Å². The molecule has 0 fully saturated rings. The number of ether oxygens (including phenoxy) is 8. The lowest BCUT2D eigenvalue weighted by Crippen LogP contribution is -2.42. The van der Waals surface area contributed by atoms with Gasteiger partial charge >= 0.3 is 35.8 Å². The minimum atomic E-state index is -1.47. The van der Waals surface area contributed by atoms with E-state index < -0.39 is 76.2 Å². The van der Waals surface area contributed by atoms with E-state index in [4.69, 9.17) is 58.3 Å². The van der Waals surface area contributed by atoms with Crippen molar-refractivity contribution >= 4 is 125 Å². The maximum atomic E-state index is 13.1. The summed E-state index contributed by atoms with van der Waals surface area (Å²) in [6.07, 6.45) is 4.35. The number of rotatable bonds is 28. The van der Waals surface area contributed by atoms with Gasteiger partial charge in [-0.3, -0.25) is 40.4 Å². The minimum absolute atomic E-state index is 0.0284. The number of carbonyl (C=O) groups is 10. The highest BCUT2D eigenvalue weighted by Crippen LogP contribution is 2.33. The third-order valence-electron chi connectivity index (χ3n) is 11.5. The molecule has 4 aromatic heterocycles. The third kappa shape index (κ3) is 23.3. The Bertz CT molecular complexity index is 3980. The Morgan fingerprint density at radius 1 is 0.396 bits per heavy atom. The number of nitrogens with one attached hydrogen (secondary N) is 4. The number of thiazole rings is 4. The van der Waals surface area contributed by atoms with Gasteiger partial charge < -0.3 is 58.3 Å². The summed E-state index contributed by atoms with van der Waals surface area (Å²) in [5.41, 5.74) is -4.06. The fourth-order valence-electron chi connectivity index (χ4n) is 7.27. The molecule has 0 aliphatic rings. The summed E-state index contributed by atoms with van der Waals surface area (Å²) in [6, 6.07) is 13.0. The lowest BCUT2D eigenvalue weighted by Gasteiger charge is -2.25. The molecule has 0 bridgehead atoms. The van der Waals surface area contributed by atoms with Gasteiger partial charge in [0, 0.05) is 29.3 Å². The zero-order valence-electron chi connectivity index (χ0n) is 54.2. The second-order valence-corrected chi connectivity index (χ2v) is 26.1. The molecule has 34 heteroatoms. The molecular weight excluding hydrogens is 1340 g/mol. The number of nitrogens with zero attached hydrogens (tertiary/aromatic N) is 4. The predicted octanol–water partition coefficient (Wildman–Crippen LogP) is 11.0. The summed E-state index contributed by atoms with van der Waals surface area (Å²) in [5.74, 6) is -6.47. The van der Waals surface area contributed by atoms with E-state index >= 15 is 0 Å². The maximum Gasteiger partial charge on any atom is 0.350 e. The first-order chi connectivity index (χ1) is 44.9. The van der Waals surface area contributed by atoms with Crippen LogP contribution in [0.4, 0.5) is 20.5 Å². The van der Waals surface area contributed by atoms with E-state index in [1.165, 1.54) is 88.6 Å². The summed E-state index contributed by atoms with van der Waals surface area (Å²) in [6.45, 7) is 23.5. The Balaban J connectivity index is 0.000000274. The van der Waals surface area contributed by atoms with Gasteiger partial charge in [-0.2, -0.15) is 0 Å². The molecule has 7 rings (SSSR count). The predicted molar refractivity (Wildman–Crippen MR) is 353 cm³/mol. The Morgan fingerprint density at radius 2 is 0.677 bits per heavy atom. The Kier molecular flexibility index (Phi) is 26.8. The largest absolute Gasteiger partial charge is 0.491 e. The van der Waals surface area contributed by atoms with Crippen LogP contribution < -0.4 is 49.7 Å². The number of aromatic carboxylic acids is 3. The Morgan fingerprint density at radius 3 is 0.969 bits per heavy atom. The van der Waals surface area contributed by atoms with E-state index in [9.17, 15) is 47.9 Å². The molecule has 8 N–H and O–H groups in total. The Labute approximate surface area is 565 Å². The number of benzene rings is 3. The highest BCUT2D eigenvalue weighted by atomic mass is 32.1. The molecule has 3 aromatic carbocycles. The van der Waals surface area contributed by atoms with Crippen molar-refractivity contribution in [3.8, 4) is 34.5 Å². The Hall–Kier alpha value is -10.3. The van der Waals surface area contributed by atoms with Crippen molar-refractivity contribution in [2.75, 3.05) is 34.5 Å². The van der Waals surface area contributed by atoms with Gasteiger partial charge in [-0.1, -0.05) is 45.3 Å². The molecule has 0 radical (unpaired) electrons. The van der Waals surface area contributed by atoms with Crippen molar-refractivity contribution in [2.45, 2.75) is 132 Å². The normalized spacial score (nSPS) is 11.1. The number of carboxylic acid groups (broad SMARTS) is 4. The van der Waals surface area contributed by atoms with E-state index in [1.54, 1.807) is 61.5 Å². The van der Waals surface area contributed by atoms with E-state index in [2.05, 4.69) is 41.2 Å². The second kappa shape index (κ2) is 33.7. The molecule has 514 valence electrons. The van der Waals surface area contributed by atoms with Crippen LogP contribution in [0.1, 0.15) is 167 Å². The number of carbonyl (C=O) groups excluding carboxylic acids is 6. The van der Waals surface area contributed by atoms with Crippen molar-refractivity contribution in [2.24, 2.45) is 0 Å². The zero-order chi connectivity index (χ0) is 71.6. The summed E-state index contributed by atoms with van der Waals surface area (Å²) in [7, 11) is 0. The zero-order valence-corrected chi connectivity index (χ0v) is 57.5. The molecule has 0 aliphatic heterocycles. The average Bonchev–Trinajstić information content (AvgIpc) is 1.86. The molecule has 0 unspecified atom stereocenters. The molecule has 0 spiro atoms. The van der Waals surface area contributed by atoms with Crippen LogP contribution in [0.15, 0.2) is 79.4 Å². The van der Waals surface area contributed by atoms with Crippen molar-refractivity contribution in [1.29, 1.82) is 0 Å². The lowest BCUT2D eigenvalue weighted by atomic mass is 10.1. The van der Waals surface area contributed by atoms with Crippen LogP contribution >= 0.6 is 45.3 Å². The maximum absolute atomic E-state index is 13.1. The third-order valence-corrected chi connectivity index (χ3v) is 15.1. The molecule has 30 nitrogen and oxygen atoms in total. The topological polar surface area (TPSA) is 425 Å². The van der Waals surface area contributed by atoms with Gasteiger partial charge in [0.15, 0.2) is 37.3 Å². The SMILES string of the molecule is CC(C)Oc1cc(OC(C)(C)C(=O)Nc2ncc(C(=O)O)s2)cc(C(=O)Nc2ncc(C(=O)O)s2)c1.CC(C)Oc1cc(OC(C)(C)C(=O)O)cc(C(=O)O)c1.CCOC(=O)c1cnc(NC(=O)c2cc(OC(C)C)cc(OC(C)(C)C(=O)Nc3ncc(C(=O)OCC)s3)c2)s1. The second-order valence-electron chi connectivity index (χ2n) is 22.0. The first-order valence-corrected chi connectivity index (χ1v) is 32.0. The van der Waals surface area contributed by atoms with E-state index in [0.29, 0.717) is 17.2 Å². The van der Waals surface area contributed by atoms with E-state index in [-0.39, 0.29) is 105 Å². The quantitative estimate of drug-likeness (QED) is 0.0211. The molecule has 96 heavy (non-hydrogen) atoms. The number of carboxylic acids is 4. The van der Waals surface area contributed by atoms with Crippen LogP contribution in [-0.4, -0.2) is 148 Å². The number of amides is 4. The van der Waals surface area contributed by atoms with Crippen molar-refractivity contribution in [3.63, 3.8) is 0 Å². The van der Waals surface area contributed by atoms with Gasteiger partial charge in [-0.25, -0.2) is 48.7 Å². The van der Waals surface area contributed by atoms with Crippen LogP contribution in [0.25, 0.3) is 0 Å². The van der Waals surface area contributed by atoms with Crippen LogP contribution in [0, 0.1) is 0 Å². The van der Waals surface area contributed by atoms with Crippen LogP contribution in [0.3, 0.4) is 0 Å².